The molecule has 8 heteroatoms. The maximum atomic E-state index is 12.6. The van der Waals surface area contributed by atoms with Gasteiger partial charge in [0.1, 0.15) is 6.33 Å². The summed E-state index contributed by atoms with van der Waals surface area (Å²) in [5, 5.41) is 1.81. The lowest BCUT2D eigenvalue weighted by Crippen LogP contribution is -2.36. The molecule has 1 N–H and O–H groups in total. The number of imidazole rings is 1. The van der Waals surface area contributed by atoms with Crippen molar-refractivity contribution >= 4 is 16.3 Å². The van der Waals surface area contributed by atoms with Crippen LogP contribution < -0.4 is 5.32 Å². The number of amides is 1. The van der Waals surface area contributed by atoms with Gasteiger partial charge >= 0.3 is 16.3 Å². The van der Waals surface area contributed by atoms with Gasteiger partial charge in [0.05, 0.1) is 5.69 Å². The van der Waals surface area contributed by atoms with Crippen molar-refractivity contribution in [2.24, 2.45) is 0 Å². The van der Waals surface area contributed by atoms with E-state index in [1.165, 1.54) is 0 Å². The van der Waals surface area contributed by atoms with E-state index < -0.39 is 21.3 Å². The van der Waals surface area contributed by atoms with E-state index in [9.17, 15) is 17.1 Å². The van der Waals surface area contributed by atoms with Crippen molar-refractivity contribution in [3.8, 4) is 0 Å². The lowest BCUT2D eigenvalue weighted by atomic mass is 10.3. The minimum Gasteiger partial charge on any atom is -0.337 e. The molecule has 1 aromatic heterocycles. The number of hydrogen-bond acceptors (Lipinski definition) is 4. The molecule has 6 nitrogen and oxygen atoms in total. The molecule has 2 heterocycles. The fraction of sp³-hybridized carbons (Fsp3) is 0.333. The number of nitrogens with one attached hydrogen (secondary N) is 1. The van der Waals surface area contributed by atoms with E-state index in [4.69, 9.17) is 0 Å². The van der Waals surface area contributed by atoms with Gasteiger partial charge in [-0.25, -0.2) is 9.78 Å². The van der Waals surface area contributed by atoms with Crippen LogP contribution in [0.5, 0.6) is 0 Å². The highest BCUT2D eigenvalue weighted by atomic mass is 32.3. The molecule has 0 fully saturated rings. The Morgan fingerprint density at radius 2 is 2.29 bits per heavy atom. The minimum atomic E-state index is -4.84. The predicted molar refractivity (Wildman–Crippen MR) is 43.0 cm³/mol. The van der Waals surface area contributed by atoms with Crippen molar-refractivity contribution in [2.45, 2.75) is 11.4 Å². The Hall–Kier alpha value is -1.44. The number of carbonyl (C=O) groups is 1. The number of rotatable bonds is 1. The molecule has 0 aliphatic carbocycles. The molecular formula is C6H6FN3O3S. The second kappa shape index (κ2) is 2.77. The molecule has 1 aliphatic heterocycles. The monoisotopic (exact) mass is 219 g/mol. The van der Waals surface area contributed by atoms with Gasteiger partial charge in [-0.3, -0.25) is 4.57 Å². The smallest absolute Gasteiger partial charge is 0.337 e. The lowest BCUT2D eigenvalue weighted by molar-refractivity contribution is 0.239. The van der Waals surface area contributed by atoms with E-state index in [-0.39, 0.29) is 18.7 Å². The second-order valence-corrected chi connectivity index (χ2v) is 4.05. The van der Waals surface area contributed by atoms with Crippen molar-refractivity contribution in [3.63, 3.8) is 0 Å². The van der Waals surface area contributed by atoms with Gasteiger partial charge in [-0.1, -0.05) is 3.89 Å². The maximum absolute atomic E-state index is 12.6. The first-order chi connectivity index (χ1) is 6.50. The highest BCUT2D eigenvalue weighted by molar-refractivity contribution is 7.86. The molecule has 14 heavy (non-hydrogen) atoms. The molecule has 0 unspecified atom stereocenters. The highest BCUT2D eigenvalue weighted by Crippen LogP contribution is 2.18. The summed E-state index contributed by atoms with van der Waals surface area (Å²) in [6, 6.07) is -0.492. The molecule has 0 spiro atoms. The average Bonchev–Trinajstić information content (AvgIpc) is 2.47. The van der Waals surface area contributed by atoms with Gasteiger partial charge in [-0.2, -0.15) is 8.42 Å². The molecule has 0 aromatic carbocycles. The molecule has 1 amide bonds. The summed E-state index contributed by atoms with van der Waals surface area (Å²) < 4.78 is 34.8. The van der Waals surface area contributed by atoms with Gasteiger partial charge in [0.2, 0.25) is 5.03 Å². The summed E-state index contributed by atoms with van der Waals surface area (Å²) in [7, 11) is -4.84. The largest absolute Gasteiger partial charge is 0.351 e. The van der Waals surface area contributed by atoms with Crippen LogP contribution in [-0.2, 0) is 16.6 Å². The predicted octanol–water partition coefficient (Wildman–Crippen LogP) is -0.345. The summed E-state index contributed by atoms with van der Waals surface area (Å²) >= 11 is 0. The normalized spacial score (nSPS) is 16.2. The maximum Gasteiger partial charge on any atom is 0.351 e. The van der Waals surface area contributed by atoms with Gasteiger partial charge in [-0.15, -0.1) is 0 Å². The number of hydrogen-bond donors (Lipinski definition) is 1. The Morgan fingerprint density at radius 3 is 2.93 bits per heavy atom. The first-order valence-electron chi connectivity index (χ1n) is 3.79. The molecule has 0 bridgehead atoms. The van der Waals surface area contributed by atoms with Gasteiger partial charge in [-0.05, 0) is 0 Å². The first-order valence-corrected chi connectivity index (χ1v) is 5.17. The summed E-state index contributed by atoms with van der Waals surface area (Å²) in [5.74, 6) is 0. The number of halogens is 1. The molecule has 1 aromatic rings. The van der Waals surface area contributed by atoms with E-state index in [0.29, 0.717) is 0 Å². The van der Waals surface area contributed by atoms with E-state index in [0.717, 1.165) is 10.9 Å². The highest BCUT2D eigenvalue weighted by Gasteiger charge is 2.27. The van der Waals surface area contributed by atoms with Crippen LogP contribution in [0.25, 0.3) is 0 Å². The molecule has 2 rings (SSSR count). The number of nitrogens with zero attached hydrogens (tertiary/aromatic N) is 2. The van der Waals surface area contributed by atoms with E-state index >= 15 is 0 Å². The Balaban J connectivity index is 2.63. The summed E-state index contributed by atoms with van der Waals surface area (Å²) in [4.78, 5) is 14.5. The lowest BCUT2D eigenvalue weighted by Gasteiger charge is -2.14. The van der Waals surface area contributed by atoms with Crippen molar-refractivity contribution in [1.29, 1.82) is 0 Å². The first kappa shape index (κ1) is 9.13. The van der Waals surface area contributed by atoms with E-state index in [1.54, 1.807) is 0 Å². The number of fused-ring (bicyclic) bond motifs is 1. The fourth-order valence-electron chi connectivity index (χ4n) is 1.34. The molecule has 76 valence electrons. The molecule has 1 aliphatic rings. The summed E-state index contributed by atoms with van der Waals surface area (Å²) in [6.07, 6.45) is 1.25. The van der Waals surface area contributed by atoms with Crippen LogP contribution >= 0.6 is 0 Å². The Labute approximate surface area is 79.0 Å². The van der Waals surface area contributed by atoms with Gasteiger partial charge in [0, 0.05) is 13.0 Å². The minimum absolute atomic E-state index is 0.0938. The van der Waals surface area contributed by atoms with Crippen molar-refractivity contribution < 1.29 is 17.1 Å². The Bertz CT molecular complexity index is 492. The SMILES string of the molecule is O=C1NCCc2c(S(=O)(=O)F)ncn21. The topological polar surface area (TPSA) is 81.1 Å². The van der Waals surface area contributed by atoms with E-state index in [2.05, 4.69) is 10.3 Å². The molecule has 0 atom stereocenters. The Kier molecular flexibility index (Phi) is 1.81. The van der Waals surface area contributed by atoms with Crippen molar-refractivity contribution in [1.82, 2.24) is 14.9 Å². The molecule has 0 saturated carbocycles. The van der Waals surface area contributed by atoms with Crippen LogP contribution in [-0.4, -0.2) is 30.5 Å². The third-order valence-corrected chi connectivity index (χ3v) is 2.72. The fourth-order valence-corrected chi connectivity index (χ4v) is 1.99. The standard InChI is InChI=1S/C6H6FN3O3S/c7-14(12,13)5-4-1-2-8-6(11)10(4)3-9-5/h3H,1-2H2,(H,8,11). The van der Waals surface area contributed by atoms with Gasteiger partial charge in [0.15, 0.2) is 0 Å². The van der Waals surface area contributed by atoms with Crippen molar-refractivity contribution in [3.05, 3.63) is 12.0 Å². The van der Waals surface area contributed by atoms with Crippen LogP contribution in [0.3, 0.4) is 0 Å². The van der Waals surface area contributed by atoms with Crippen LogP contribution in [0, 0.1) is 0 Å². The zero-order valence-corrected chi connectivity index (χ0v) is 7.71. The number of aromatic nitrogens is 2. The molecular weight excluding hydrogens is 213 g/mol. The van der Waals surface area contributed by atoms with Crippen LogP contribution in [0.2, 0.25) is 0 Å². The zero-order chi connectivity index (χ0) is 10.3. The molecule has 0 radical (unpaired) electrons. The van der Waals surface area contributed by atoms with E-state index in [1.807, 2.05) is 0 Å². The van der Waals surface area contributed by atoms with Gasteiger partial charge < -0.3 is 5.32 Å². The quantitative estimate of drug-likeness (QED) is 0.655. The van der Waals surface area contributed by atoms with Crippen LogP contribution in [0.4, 0.5) is 8.68 Å². The molecule has 0 saturated heterocycles. The Morgan fingerprint density at radius 1 is 1.57 bits per heavy atom. The third-order valence-electron chi connectivity index (χ3n) is 1.92. The summed E-state index contributed by atoms with van der Waals surface area (Å²) in [5.41, 5.74) is 0.0938. The van der Waals surface area contributed by atoms with Crippen LogP contribution in [0.15, 0.2) is 11.4 Å². The summed E-state index contributed by atoms with van der Waals surface area (Å²) in [6.45, 7) is 0.285. The zero-order valence-electron chi connectivity index (χ0n) is 6.90. The van der Waals surface area contributed by atoms with Crippen molar-refractivity contribution in [2.75, 3.05) is 6.54 Å². The third kappa shape index (κ3) is 1.27. The second-order valence-electron chi connectivity index (χ2n) is 2.79. The van der Waals surface area contributed by atoms with Crippen LogP contribution in [0.1, 0.15) is 5.69 Å². The number of carbonyl (C=O) groups excluding carboxylic acids is 1. The van der Waals surface area contributed by atoms with Gasteiger partial charge in [0.25, 0.3) is 0 Å². The average molecular weight is 219 g/mol.